The first-order chi connectivity index (χ1) is 12.1. The van der Waals surface area contributed by atoms with E-state index < -0.39 is 0 Å². The number of nitrogens with zero attached hydrogens (tertiary/aromatic N) is 5. The van der Waals surface area contributed by atoms with Gasteiger partial charge >= 0.3 is 0 Å². The smallest absolute Gasteiger partial charge is 0.255 e. The molecule has 0 aromatic carbocycles. The van der Waals surface area contributed by atoms with E-state index in [9.17, 15) is 4.79 Å². The third kappa shape index (κ3) is 3.20. The molecule has 7 nitrogen and oxygen atoms in total. The third-order valence-electron chi connectivity index (χ3n) is 4.33. The highest BCUT2D eigenvalue weighted by atomic mass is 35.5. The van der Waals surface area contributed by atoms with Crippen molar-refractivity contribution in [3.05, 3.63) is 63.1 Å². The summed E-state index contributed by atoms with van der Waals surface area (Å²) in [5, 5.41) is 5.02. The summed E-state index contributed by atoms with van der Waals surface area (Å²) >= 11 is 6.19. The molecule has 3 aromatic heterocycles. The number of aromatic nitrogens is 5. The van der Waals surface area contributed by atoms with Crippen LogP contribution in [0.25, 0.3) is 11.4 Å². The molecule has 1 aliphatic heterocycles. The molecule has 0 aliphatic carbocycles. The lowest BCUT2D eigenvalue weighted by molar-refractivity contribution is 0.238. The Balaban J connectivity index is 1.59. The van der Waals surface area contributed by atoms with Gasteiger partial charge in [-0.3, -0.25) is 19.4 Å². The molecule has 0 spiro atoms. The normalized spacial score (nSPS) is 14.5. The van der Waals surface area contributed by atoms with Crippen molar-refractivity contribution in [1.82, 2.24) is 29.6 Å². The first-order valence-electron chi connectivity index (χ1n) is 8.03. The zero-order chi connectivity index (χ0) is 17.4. The Hall–Kier alpha value is -2.51. The molecule has 0 atom stereocenters. The number of aromatic amines is 1. The maximum absolute atomic E-state index is 12.5. The second-order valence-corrected chi connectivity index (χ2v) is 6.54. The fourth-order valence-electron chi connectivity index (χ4n) is 3.09. The van der Waals surface area contributed by atoms with Gasteiger partial charge in [0.25, 0.3) is 5.56 Å². The molecule has 0 bridgehead atoms. The van der Waals surface area contributed by atoms with Crippen LogP contribution in [-0.2, 0) is 26.6 Å². The van der Waals surface area contributed by atoms with Crippen molar-refractivity contribution in [2.75, 3.05) is 6.54 Å². The van der Waals surface area contributed by atoms with E-state index in [0.29, 0.717) is 23.9 Å². The van der Waals surface area contributed by atoms with Crippen molar-refractivity contribution in [2.45, 2.75) is 19.5 Å². The first kappa shape index (κ1) is 16.0. The van der Waals surface area contributed by atoms with E-state index in [1.165, 1.54) is 0 Å². The summed E-state index contributed by atoms with van der Waals surface area (Å²) < 4.78 is 1.70. The SMILES string of the molecule is Cn1cc(Cl)c(CN2CCc3nc(-c4ccncc4)[nH]c(=O)c3C2)n1. The van der Waals surface area contributed by atoms with E-state index in [1.807, 2.05) is 19.2 Å². The highest BCUT2D eigenvalue weighted by Crippen LogP contribution is 2.21. The Morgan fingerprint density at radius 2 is 2.12 bits per heavy atom. The van der Waals surface area contributed by atoms with Gasteiger partial charge in [-0.05, 0) is 12.1 Å². The Morgan fingerprint density at radius 1 is 1.32 bits per heavy atom. The van der Waals surface area contributed by atoms with Gasteiger partial charge in [0, 0.05) is 57.3 Å². The van der Waals surface area contributed by atoms with Crippen LogP contribution < -0.4 is 5.56 Å². The molecule has 25 heavy (non-hydrogen) atoms. The number of nitrogens with one attached hydrogen (secondary N) is 1. The highest BCUT2D eigenvalue weighted by Gasteiger charge is 2.22. The first-order valence-corrected chi connectivity index (χ1v) is 8.41. The topological polar surface area (TPSA) is 79.7 Å². The van der Waals surface area contributed by atoms with Crippen molar-refractivity contribution < 1.29 is 0 Å². The molecular weight excluding hydrogens is 340 g/mol. The molecule has 4 rings (SSSR count). The van der Waals surface area contributed by atoms with Gasteiger partial charge in [-0.25, -0.2) is 4.98 Å². The number of fused-ring (bicyclic) bond motifs is 1. The van der Waals surface area contributed by atoms with Crippen molar-refractivity contribution in [2.24, 2.45) is 7.05 Å². The van der Waals surface area contributed by atoms with E-state index in [1.54, 1.807) is 23.3 Å². The minimum atomic E-state index is -0.0892. The molecule has 8 heteroatoms. The molecule has 1 N–H and O–H groups in total. The molecule has 0 fully saturated rings. The fourth-order valence-corrected chi connectivity index (χ4v) is 3.33. The lowest BCUT2D eigenvalue weighted by Crippen LogP contribution is -2.35. The average Bonchev–Trinajstić information content (AvgIpc) is 2.93. The zero-order valence-corrected chi connectivity index (χ0v) is 14.5. The minimum Gasteiger partial charge on any atom is -0.306 e. The van der Waals surface area contributed by atoms with Gasteiger partial charge in [-0.2, -0.15) is 5.10 Å². The van der Waals surface area contributed by atoms with Gasteiger partial charge in [0.05, 0.1) is 22.0 Å². The standard InChI is InChI=1S/C17H17ClN6O/c1-23-9-13(18)15(22-23)10-24-7-4-14-12(8-24)17(25)21-16(20-14)11-2-5-19-6-3-11/h2-3,5-6,9H,4,7-8,10H2,1H3,(H,20,21,25). The van der Waals surface area contributed by atoms with Crippen LogP contribution in [0.2, 0.25) is 5.02 Å². The van der Waals surface area contributed by atoms with Crippen molar-refractivity contribution in [3.8, 4) is 11.4 Å². The summed E-state index contributed by atoms with van der Waals surface area (Å²) in [7, 11) is 1.84. The van der Waals surface area contributed by atoms with Gasteiger partial charge < -0.3 is 4.98 Å². The molecule has 0 saturated carbocycles. The zero-order valence-electron chi connectivity index (χ0n) is 13.7. The lowest BCUT2D eigenvalue weighted by Gasteiger charge is -2.27. The Kier molecular flexibility index (Phi) is 4.10. The highest BCUT2D eigenvalue weighted by molar-refractivity contribution is 6.31. The van der Waals surface area contributed by atoms with Gasteiger partial charge in [0.15, 0.2) is 0 Å². The molecule has 4 heterocycles. The van der Waals surface area contributed by atoms with Crippen LogP contribution in [0.3, 0.4) is 0 Å². The average molecular weight is 357 g/mol. The monoisotopic (exact) mass is 356 g/mol. The maximum Gasteiger partial charge on any atom is 0.255 e. The van der Waals surface area contributed by atoms with Crippen LogP contribution in [0.1, 0.15) is 17.0 Å². The van der Waals surface area contributed by atoms with Crippen LogP contribution in [0.15, 0.2) is 35.5 Å². The second kappa shape index (κ2) is 6.42. The predicted molar refractivity (Wildman–Crippen MR) is 94.1 cm³/mol. The van der Waals surface area contributed by atoms with Gasteiger partial charge in [0.1, 0.15) is 5.82 Å². The largest absolute Gasteiger partial charge is 0.306 e. The number of H-pyrrole nitrogens is 1. The molecule has 0 unspecified atom stereocenters. The Morgan fingerprint density at radius 3 is 2.84 bits per heavy atom. The second-order valence-electron chi connectivity index (χ2n) is 6.13. The predicted octanol–water partition coefficient (Wildman–Crippen LogP) is 1.78. The molecular formula is C17H17ClN6O. The maximum atomic E-state index is 12.5. The molecule has 0 amide bonds. The van der Waals surface area contributed by atoms with Crippen LogP contribution in [0.5, 0.6) is 0 Å². The number of hydrogen-bond acceptors (Lipinski definition) is 5. The van der Waals surface area contributed by atoms with E-state index >= 15 is 0 Å². The number of aryl methyl sites for hydroxylation is 1. The number of rotatable bonds is 3. The van der Waals surface area contributed by atoms with Crippen molar-refractivity contribution in [1.29, 1.82) is 0 Å². The van der Waals surface area contributed by atoms with E-state index in [-0.39, 0.29) is 5.56 Å². The Bertz CT molecular complexity index is 965. The van der Waals surface area contributed by atoms with E-state index in [2.05, 4.69) is 25.0 Å². The number of hydrogen-bond donors (Lipinski definition) is 1. The summed E-state index contributed by atoms with van der Waals surface area (Å²) in [6, 6.07) is 3.67. The molecule has 0 saturated heterocycles. The van der Waals surface area contributed by atoms with Crippen LogP contribution in [0, 0.1) is 0 Å². The lowest BCUT2D eigenvalue weighted by atomic mass is 10.1. The van der Waals surface area contributed by atoms with Crippen molar-refractivity contribution in [3.63, 3.8) is 0 Å². The summed E-state index contributed by atoms with van der Waals surface area (Å²) in [5.41, 5.74) is 3.17. The molecule has 1 aliphatic rings. The van der Waals surface area contributed by atoms with Gasteiger partial charge in [-0.15, -0.1) is 0 Å². The quantitative estimate of drug-likeness (QED) is 0.773. The van der Waals surface area contributed by atoms with E-state index in [4.69, 9.17) is 11.6 Å². The van der Waals surface area contributed by atoms with Crippen molar-refractivity contribution >= 4 is 11.6 Å². The van der Waals surface area contributed by atoms with Crippen LogP contribution in [0.4, 0.5) is 0 Å². The molecule has 0 radical (unpaired) electrons. The molecule has 128 valence electrons. The fraction of sp³-hybridized carbons (Fsp3) is 0.294. The number of pyridine rings is 1. The summed E-state index contributed by atoms with van der Waals surface area (Å²) in [6.07, 6.45) is 5.88. The Labute approximate surface area is 149 Å². The van der Waals surface area contributed by atoms with E-state index in [0.717, 1.165) is 35.5 Å². The minimum absolute atomic E-state index is 0.0892. The van der Waals surface area contributed by atoms with Crippen LogP contribution >= 0.6 is 11.6 Å². The van der Waals surface area contributed by atoms with Gasteiger partial charge in [-0.1, -0.05) is 11.6 Å². The molecule has 3 aromatic rings. The number of halogens is 1. The van der Waals surface area contributed by atoms with Gasteiger partial charge in [0.2, 0.25) is 0 Å². The third-order valence-corrected chi connectivity index (χ3v) is 4.64. The summed E-state index contributed by atoms with van der Waals surface area (Å²) in [6.45, 7) is 1.97. The van der Waals surface area contributed by atoms with Crippen LogP contribution in [-0.4, -0.2) is 36.2 Å². The summed E-state index contributed by atoms with van der Waals surface area (Å²) in [5.74, 6) is 0.590. The summed E-state index contributed by atoms with van der Waals surface area (Å²) in [4.78, 5) is 26.2.